The first-order chi connectivity index (χ1) is 7.93. The predicted molar refractivity (Wildman–Crippen MR) is 79.4 cm³/mol. The number of halogens is 1. The van der Waals surface area contributed by atoms with Crippen LogP contribution in [0.25, 0.3) is 0 Å². The zero-order valence-corrected chi connectivity index (χ0v) is 12.9. The summed E-state index contributed by atoms with van der Waals surface area (Å²) in [5.41, 5.74) is 1.90. The average molecular weight is 346 g/mol. The molecule has 0 fully saturated rings. The minimum absolute atomic E-state index is 0.00630. The molecule has 0 heterocycles. The second-order valence-corrected chi connectivity index (χ2v) is 5.54. The molecule has 0 unspecified atom stereocenters. The number of hydrogen-bond acceptors (Lipinski definition) is 2. The lowest BCUT2D eigenvalue weighted by molar-refractivity contribution is 0.0942. The molecular weight excluding hydrogens is 327 g/mol. The van der Waals surface area contributed by atoms with Crippen molar-refractivity contribution in [1.29, 1.82) is 0 Å². The Morgan fingerprint density at radius 1 is 1.47 bits per heavy atom. The molecule has 0 bridgehead atoms. The summed E-state index contributed by atoms with van der Waals surface area (Å²) in [6.07, 6.45) is 0. The highest BCUT2D eigenvalue weighted by Gasteiger charge is 2.12. The third-order valence-corrected chi connectivity index (χ3v) is 4.31. The lowest BCUT2D eigenvalue weighted by atomic mass is 10.1. The van der Waals surface area contributed by atoms with Crippen molar-refractivity contribution in [2.75, 3.05) is 20.6 Å². The monoisotopic (exact) mass is 346 g/mol. The Hall–Kier alpha value is -0.620. The van der Waals surface area contributed by atoms with Gasteiger partial charge in [-0.15, -0.1) is 0 Å². The predicted octanol–water partition coefficient (Wildman–Crippen LogP) is 2.28. The lowest BCUT2D eigenvalue weighted by Crippen LogP contribution is -2.38. The molecule has 17 heavy (non-hydrogen) atoms. The topological polar surface area (TPSA) is 32.3 Å². The van der Waals surface area contributed by atoms with E-state index in [2.05, 4.69) is 39.7 Å². The van der Waals surface area contributed by atoms with Gasteiger partial charge in [0, 0.05) is 16.2 Å². The highest BCUT2D eigenvalue weighted by Crippen LogP contribution is 2.16. The summed E-state index contributed by atoms with van der Waals surface area (Å²) in [6.45, 7) is 4.76. The maximum Gasteiger partial charge on any atom is 0.252 e. The van der Waals surface area contributed by atoms with E-state index in [1.807, 2.05) is 39.2 Å². The Morgan fingerprint density at radius 2 is 2.12 bits per heavy atom. The van der Waals surface area contributed by atoms with Gasteiger partial charge in [0.1, 0.15) is 0 Å². The Labute approximate surface area is 117 Å². The van der Waals surface area contributed by atoms with Gasteiger partial charge in [-0.1, -0.05) is 12.1 Å². The minimum atomic E-state index is 0.00630. The van der Waals surface area contributed by atoms with Crippen LogP contribution in [0.2, 0.25) is 0 Å². The number of likely N-dealkylation sites (N-methyl/N-ethyl adjacent to an activating group) is 1. The first kappa shape index (κ1) is 14.4. The van der Waals surface area contributed by atoms with Crippen LogP contribution < -0.4 is 5.32 Å². The molecular formula is C13H19IN2O. The molecule has 1 aromatic carbocycles. The molecule has 94 valence electrons. The van der Waals surface area contributed by atoms with Gasteiger partial charge in [-0.3, -0.25) is 4.79 Å². The fraction of sp³-hybridized carbons (Fsp3) is 0.462. The molecule has 0 aliphatic carbocycles. The van der Waals surface area contributed by atoms with E-state index in [0.717, 1.165) is 14.7 Å². The van der Waals surface area contributed by atoms with Gasteiger partial charge < -0.3 is 10.2 Å². The number of nitrogens with one attached hydrogen (secondary N) is 1. The smallest absolute Gasteiger partial charge is 0.252 e. The number of carbonyl (C=O) groups excluding carboxylic acids is 1. The lowest BCUT2D eigenvalue weighted by Gasteiger charge is -2.20. The number of nitrogens with zero attached hydrogens (tertiary/aromatic N) is 1. The van der Waals surface area contributed by atoms with E-state index in [0.29, 0.717) is 12.6 Å². The van der Waals surface area contributed by atoms with E-state index in [1.165, 1.54) is 0 Å². The van der Waals surface area contributed by atoms with E-state index in [1.54, 1.807) is 0 Å². The van der Waals surface area contributed by atoms with Crippen molar-refractivity contribution in [1.82, 2.24) is 10.2 Å². The first-order valence-electron chi connectivity index (χ1n) is 5.63. The third kappa shape index (κ3) is 3.96. The summed E-state index contributed by atoms with van der Waals surface area (Å²) in [5.74, 6) is 0.00630. The molecule has 0 spiro atoms. The van der Waals surface area contributed by atoms with Crippen molar-refractivity contribution < 1.29 is 4.79 Å². The number of rotatable bonds is 4. The van der Waals surface area contributed by atoms with Crippen molar-refractivity contribution in [2.24, 2.45) is 0 Å². The number of hydrogen-bond donors (Lipinski definition) is 1. The van der Waals surface area contributed by atoms with E-state index in [9.17, 15) is 4.79 Å². The molecule has 0 saturated heterocycles. The number of aryl methyl sites for hydroxylation is 1. The Balaban J connectivity index is 2.68. The van der Waals surface area contributed by atoms with Crippen LogP contribution >= 0.6 is 22.6 Å². The summed E-state index contributed by atoms with van der Waals surface area (Å²) >= 11 is 2.22. The maximum atomic E-state index is 12.0. The molecule has 0 saturated carbocycles. The van der Waals surface area contributed by atoms with Crippen LogP contribution in [-0.2, 0) is 0 Å². The molecule has 1 amide bonds. The second-order valence-electron chi connectivity index (χ2n) is 4.46. The van der Waals surface area contributed by atoms with E-state index in [-0.39, 0.29) is 5.91 Å². The molecule has 0 aromatic heterocycles. The highest BCUT2D eigenvalue weighted by molar-refractivity contribution is 14.1. The molecule has 1 aromatic rings. The molecule has 0 aliphatic heterocycles. The van der Waals surface area contributed by atoms with Crippen LogP contribution in [0.15, 0.2) is 18.2 Å². The molecule has 4 heteroatoms. The Kier molecular flexibility index (Phi) is 5.39. The number of amides is 1. The summed E-state index contributed by atoms with van der Waals surface area (Å²) in [4.78, 5) is 14.1. The third-order valence-electron chi connectivity index (χ3n) is 2.88. The van der Waals surface area contributed by atoms with Crippen LogP contribution in [0.3, 0.4) is 0 Å². The van der Waals surface area contributed by atoms with Crippen LogP contribution in [0.5, 0.6) is 0 Å². The van der Waals surface area contributed by atoms with Crippen molar-refractivity contribution in [3.05, 3.63) is 32.9 Å². The van der Waals surface area contributed by atoms with Crippen molar-refractivity contribution in [3.8, 4) is 0 Å². The van der Waals surface area contributed by atoms with Crippen molar-refractivity contribution >= 4 is 28.5 Å². The van der Waals surface area contributed by atoms with Gasteiger partial charge >= 0.3 is 0 Å². The van der Waals surface area contributed by atoms with E-state index in [4.69, 9.17) is 0 Å². The van der Waals surface area contributed by atoms with Gasteiger partial charge in [0.25, 0.3) is 5.91 Å². The molecule has 3 nitrogen and oxygen atoms in total. The molecule has 0 radical (unpaired) electrons. The van der Waals surface area contributed by atoms with Crippen LogP contribution in [0, 0.1) is 10.5 Å². The standard InChI is InChI=1S/C13H19IN2O/c1-9-6-5-7-11(12(9)14)13(17)15-8-10(2)16(3)4/h5-7,10H,8H2,1-4H3,(H,15,17)/t10-/m0/s1. The fourth-order valence-corrected chi connectivity index (χ4v) is 1.95. The molecule has 0 aliphatic rings. The maximum absolute atomic E-state index is 12.0. The van der Waals surface area contributed by atoms with Crippen LogP contribution in [-0.4, -0.2) is 37.5 Å². The first-order valence-corrected chi connectivity index (χ1v) is 6.71. The Morgan fingerprint density at radius 3 is 2.71 bits per heavy atom. The van der Waals surface area contributed by atoms with Crippen LogP contribution in [0.4, 0.5) is 0 Å². The summed E-state index contributed by atoms with van der Waals surface area (Å²) in [7, 11) is 4.01. The van der Waals surface area contributed by atoms with Gasteiger partial charge in [-0.2, -0.15) is 0 Å². The van der Waals surface area contributed by atoms with E-state index < -0.39 is 0 Å². The molecule has 1 rings (SSSR count). The fourth-order valence-electron chi connectivity index (χ4n) is 1.34. The van der Waals surface area contributed by atoms with Crippen LogP contribution in [0.1, 0.15) is 22.8 Å². The van der Waals surface area contributed by atoms with Gasteiger partial charge in [-0.05, 0) is 62.2 Å². The minimum Gasteiger partial charge on any atom is -0.350 e. The quantitative estimate of drug-likeness (QED) is 0.849. The molecule has 1 N–H and O–H groups in total. The summed E-state index contributed by atoms with van der Waals surface area (Å²) in [6, 6.07) is 6.13. The van der Waals surface area contributed by atoms with Gasteiger partial charge in [0.15, 0.2) is 0 Å². The second kappa shape index (κ2) is 6.35. The average Bonchev–Trinajstić information content (AvgIpc) is 2.29. The summed E-state index contributed by atoms with van der Waals surface area (Å²) in [5, 5.41) is 2.96. The number of benzene rings is 1. The van der Waals surface area contributed by atoms with Gasteiger partial charge in [0.2, 0.25) is 0 Å². The van der Waals surface area contributed by atoms with E-state index >= 15 is 0 Å². The van der Waals surface area contributed by atoms with Gasteiger partial charge in [0.05, 0.1) is 5.56 Å². The zero-order chi connectivity index (χ0) is 13.0. The molecule has 1 atom stereocenters. The zero-order valence-electron chi connectivity index (χ0n) is 10.7. The highest BCUT2D eigenvalue weighted by atomic mass is 127. The SMILES string of the molecule is Cc1cccc(C(=O)NC[C@H](C)N(C)C)c1I. The summed E-state index contributed by atoms with van der Waals surface area (Å²) < 4.78 is 1.03. The largest absolute Gasteiger partial charge is 0.350 e. The normalized spacial score (nSPS) is 12.6. The van der Waals surface area contributed by atoms with Crippen molar-refractivity contribution in [3.63, 3.8) is 0 Å². The van der Waals surface area contributed by atoms with Crippen molar-refractivity contribution in [2.45, 2.75) is 19.9 Å². The Bertz CT molecular complexity index is 404. The number of carbonyl (C=O) groups is 1. The van der Waals surface area contributed by atoms with Gasteiger partial charge in [-0.25, -0.2) is 0 Å².